The molecule has 0 aliphatic rings. The van der Waals surface area contributed by atoms with Crippen LogP contribution in [0.2, 0.25) is 0 Å². The SMILES string of the molecule is C=Cn1c(=O)n(C=C)c(=O)n(CCCC)c1=O. The molecular weight excluding hydrogens is 222 g/mol. The van der Waals surface area contributed by atoms with Crippen molar-refractivity contribution in [3.8, 4) is 0 Å². The second kappa shape index (κ2) is 5.29. The van der Waals surface area contributed by atoms with E-state index < -0.39 is 17.1 Å². The van der Waals surface area contributed by atoms with E-state index in [1.165, 1.54) is 0 Å². The Balaban J connectivity index is 3.66. The number of unbranched alkanes of at least 4 members (excludes halogenated alkanes) is 1. The van der Waals surface area contributed by atoms with Crippen LogP contribution in [-0.4, -0.2) is 13.7 Å². The summed E-state index contributed by atoms with van der Waals surface area (Å²) in [5.74, 6) is 0. The molecule has 0 spiro atoms. The molecule has 0 amide bonds. The van der Waals surface area contributed by atoms with Crippen LogP contribution in [0.3, 0.4) is 0 Å². The van der Waals surface area contributed by atoms with Gasteiger partial charge in [-0.25, -0.2) is 28.1 Å². The number of hydrogen-bond donors (Lipinski definition) is 0. The minimum atomic E-state index is -0.752. The van der Waals surface area contributed by atoms with Gasteiger partial charge in [-0.05, 0) is 6.42 Å². The van der Waals surface area contributed by atoms with Gasteiger partial charge in [-0.2, -0.15) is 0 Å². The molecule has 0 aromatic carbocycles. The van der Waals surface area contributed by atoms with Gasteiger partial charge in [0.1, 0.15) is 0 Å². The van der Waals surface area contributed by atoms with Gasteiger partial charge in [0.2, 0.25) is 0 Å². The summed E-state index contributed by atoms with van der Waals surface area (Å²) in [4.78, 5) is 35.3. The van der Waals surface area contributed by atoms with E-state index in [2.05, 4.69) is 13.2 Å². The third-order valence-electron chi connectivity index (χ3n) is 2.39. The highest BCUT2D eigenvalue weighted by atomic mass is 16.2. The monoisotopic (exact) mass is 237 g/mol. The molecule has 0 aliphatic carbocycles. The van der Waals surface area contributed by atoms with Gasteiger partial charge in [-0.15, -0.1) is 0 Å². The number of hydrogen-bond acceptors (Lipinski definition) is 3. The van der Waals surface area contributed by atoms with Crippen LogP contribution in [0.1, 0.15) is 19.8 Å². The fourth-order valence-electron chi connectivity index (χ4n) is 1.44. The summed E-state index contributed by atoms with van der Waals surface area (Å²) >= 11 is 0. The van der Waals surface area contributed by atoms with Gasteiger partial charge in [0, 0.05) is 18.9 Å². The van der Waals surface area contributed by atoms with Gasteiger partial charge in [0.25, 0.3) is 0 Å². The van der Waals surface area contributed by atoms with Crippen molar-refractivity contribution in [3.63, 3.8) is 0 Å². The van der Waals surface area contributed by atoms with Crippen molar-refractivity contribution in [2.24, 2.45) is 0 Å². The Labute approximate surface area is 97.7 Å². The van der Waals surface area contributed by atoms with Crippen LogP contribution < -0.4 is 17.1 Å². The van der Waals surface area contributed by atoms with E-state index >= 15 is 0 Å². The Morgan fingerprint density at radius 1 is 1.00 bits per heavy atom. The highest BCUT2D eigenvalue weighted by molar-refractivity contribution is 5.19. The normalized spacial score (nSPS) is 10.2. The molecule has 92 valence electrons. The molecule has 1 rings (SSSR count). The Morgan fingerprint density at radius 3 is 1.82 bits per heavy atom. The number of aromatic nitrogens is 3. The van der Waals surface area contributed by atoms with E-state index in [1.807, 2.05) is 6.92 Å². The molecule has 1 heterocycles. The van der Waals surface area contributed by atoms with E-state index in [9.17, 15) is 14.4 Å². The number of rotatable bonds is 5. The van der Waals surface area contributed by atoms with Crippen LogP contribution in [0.15, 0.2) is 27.5 Å². The molecule has 1 aromatic heterocycles. The van der Waals surface area contributed by atoms with E-state index in [0.29, 0.717) is 6.42 Å². The molecule has 0 bridgehead atoms. The van der Waals surface area contributed by atoms with Crippen molar-refractivity contribution in [2.75, 3.05) is 0 Å². The smallest absolute Gasteiger partial charge is 0.247 e. The summed E-state index contributed by atoms with van der Waals surface area (Å²) in [7, 11) is 0. The van der Waals surface area contributed by atoms with Crippen LogP contribution in [0.5, 0.6) is 0 Å². The van der Waals surface area contributed by atoms with E-state index in [-0.39, 0.29) is 6.54 Å². The lowest BCUT2D eigenvalue weighted by molar-refractivity contribution is 0.533. The van der Waals surface area contributed by atoms with Gasteiger partial charge >= 0.3 is 17.1 Å². The summed E-state index contributed by atoms with van der Waals surface area (Å²) in [5.41, 5.74) is -2.08. The van der Waals surface area contributed by atoms with E-state index in [0.717, 1.165) is 32.5 Å². The van der Waals surface area contributed by atoms with Gasteiger partial charge < -0.3 is 0 Å². The zero-order chi connectivity index (χ0) is 13.0. The first kappa shape index (κ1) is 13.0. The van der Waals surface area contributed by atoms with Gasteiger partial charge in [0.15, 0.2) is 0 Å². The molecule has 1 aromatic rings. The molecule has 0 radical (unpaired) electrons. The Kier molecular flexibility index (Phi) is 4.03. The molecule has 0 fully saturated rings. The molecule has 17 heavy (non-hydrogen) atoms. The summed E-state index contributed by atoms with van der Waals surface area (Å²) in [6.07, 6.45) is 3.70. The van der Waals surface area contributed by atoms with Gasteiger partial charge in [0.05, 0.1) is 0 Å². The largest absolute Gasteiger partial charge is 0.344 e. The van der Waals surface area contributed by atoms with Crippen LogP contribution in [-0.2, 0) is 6.54 Å². The van der Waals surface area contributed by atoms with Crippen LogP contribution in [0.4, 0.5) is 0 Å². The third kappa shape index (κ3) is 2.20. The lowest BCUT2D eigenvalue weighted by Crippen LogP contribution is -2.51. The first-order valence-corrected chi connectivity index (χ1v) is 5.31. The lowest BCUT2D eigenvalue weighted by atomic mass is 10.3. The highest BCUT2D eigenvalue weighted by Gasteiger charge is 2.11. The summed E-state index contributed by atoms with van der Waals surface area (Å²) in [5, 5.41) is 0. The lowest BCUT2D eigenvalue weighted by Gasteiger charge is -2.08. The fraction of sp³-hybridized carbons (Fsp3) is 0.364. The van der Waals surface area contributed by atoms with Crippen molar-refractivity contribution >= 4 is 12.4 Å². The second-order valence-corrected chi connectivity index (χ2v) is 3.46. The maximum Gasteiger partial charge on any atom is 0.344 e. The van der Waals surface area contributed by atoms with Crippen LogP contribution in [0.25, 0.3) is 12.4 Å². The predicted molar refractivity (Wildman–Crippen MR) is 66.9 cm³/mol. The topological polar surface area (TPSA) is 66.0 Å². The van der Waals surface area contributed by atoms with Crippen LogP contribution in [0, 0.1) is 0 Å². The van der Waals surface area contributed by atoms with Crippen LogP contribution >= 0.6 is 0 Å². The molecule has 0 N–H and O–H groups in total. The molecule has 6 nitrogen and oxygen atoms in total. The van der Waals surface area contributed by atoms with Crippen molar-refractivity contribution < 1.29 is 0 Å². The molecule has 0 saturated carbocycles. The van der Waals surface area contributed by atoms with Crippen molar-refractivity contribution in [3.05, 3.63) is 44.6 Å². The van der Waals surface area contributed by atoms with E-state index in [4.69, 9.17) is 0 Å². The first-order valence-electron chi connectivity index (χ1n) is 5.31. The van der Waals surface area contributed by atoms with Crippen molar-refractivity contribution in [1.82, 2.24) is 13.7 Å². The maximum atomic E-state index is 11.8. The fourth-order valence-corrected chi connectivity index (χ4v) is 1.44. The Bertz CT molecular complexity index is 558. The quantitative estimate of drug-likeness (QED) is 0.733. The summed E-state index contributed by atoms with van der Waals surface area (Å²) in [6, 6.07) is 0. The predicted octanol–water partition coefficient (Wildman–Crippen LogP) is 0.173. The summed E-state index contributed by atoms with van der Waals surface area (Å²) < 4.78 is 2.59. The molecule has 0 aliphatic heterocycles. The van der Waals surface area contributed by atoms with Crippen molar-refractivity contribution in [1.29, 1.82) is 0 Å². The summed E-state index contributed by atoms with van der Waals surface area (Å²) in [6.45, 7) is 8.98. The molecular formula is C11H15N3O3. The molecule has 6 heteroatoms. The molecule has 0 saturated heterocycles. The minimum Gasteiger partial charge on any atom is -0.247 e. The van der Waals surface area contributed by atoms with Crippen molar-refractivity contribution in [2.45, 2.75) is 26.3 Å². The standard InChI is InChI=1S/C11H15N3O3/c1-4-7-8-14-10(16)12(5-2)9(15)13(6-3)11(14)17/h5-6H,2-4,7-8H2,1H3. The first-order chi connectivity index (χ1) is 8.08. The Morgan fingerprint density at radius 2 is 1.47 bits per heavy atom. The van der Waals surface area contributed by atoms with E-state index in [1.54, 1.807) is 0 Å². The van der Waals surface area contributed by atoms with Gasteiger partial charge in [-0.1, -0.05) is 26.5 Å². The zero-order valence-corrected chi connectivity index (χ0v) is 9.76. The Hall–Kier alpha value is -2.11. The molecule has 0 atom stereocenters. The minimum absolute atomic E-state index is 0.274. The highest BCUT2D eigenvalue weighted by Crippen LogP contribution is 1.87. The van der Waals surface area contributed by atoms with Gasteiger partial charge in [-0.3, -0.25) is 0 Å². The molecule has 0 unspecified atom stereocenters. The number of nitrogens with zero attached hydrogens (tertiary/aromatic N) is 3. The zero-order valence-electron chi connectivity index (χ0n) is 9.76. The maximum absolute atomic E-state index is 11.8. The third-order valence-corrected chi connectivity index (χ3v) is 2.39. The second-order valence-electron chi connectivity index (χ2n) is 3.46. The average molecular weight is 237 g/mol. The average Bonchev–Trinajstić information content (AvgIpc) is 2.30.